The Kier molecular flexibility index (Phi) is 8.66. The monoisotopic (exact) mass is 492 g/mol. The van der Waals surface area contributed by atoms with Crippen LogP contribution in [0.3, 0.4) is 0 Å². The van der Waals surface area contributed by atoms with Crippen LogP contribution in [0.5, 0.6) is 0 Å². The predicted octanol–water partition coefficient (Wildman–Crippen LogP) is 5.63. The van der Waals surface area contributed by atoms with E-state index in [1.54, 1.807) is 62.4 Å². The van der Waals surface area contributed by atoms with Crippen molar-refractivity contribution < 1.29 is 19.1 Å². The number of carbonyl (C=O) groups is 3. The Morgan fingerprint density at radius 2 is 1.46 bits per heavy atom. The molecule has 0 saturated heterocycles. The Morgan fingerprint density at radius 3 is 2.06 bits per heavy atom. The van der Waals surface area contributed by atoms with E-state index >= 15 is 0 Å². The lowest BCUT2D eigenvalue weighted by Gasteiger charge is -2.25. The molecule has 0 spiro atoms. The molecule has 0 fully saturated rings. The standard InChI is InChI=1S/C28H29ClN2O4/c1-17(2)24(31-26(32)22-12-8-9-13-23(22)29)28(34)35-25(20-10-6-5-7-11-20)27(33)30-21-15-18(3)14-19(4)16-21/h5-17,24-25H,1-4H3,(H,30,33)(H,31,32)/t24-,25?/m0/s1. The number of hydrogen-bond donors (Lipinski definition) is 2. The van der Waals surface area contributed by atoms with Crippen LogP contribution in [-0.4, -0.2) is 23.8 Å². The first kappa shape index (κ1) is 26.0. The van der Waals surface area contributed by atoms with E-state index in [1.807, 2.05) is 38.1 Å². The lowest BCUT2D eigenvalue weighted by molar-refractivity contribution is -0.157. The zero-order valence-electron chi connectivity index (χ0n) is 20.2. The van der Waals surface area contributed by atoms with Gasteiger partial charge in [-0.05, 0) is 55.2 Å². The van der Waals surface area contributed by atoms with E-state index in [-0.39, 0.29) is 16.5 Å². The van der Waals surface area contributed by atoms with Gasteiger partial charge in [0, 0.05) is 11.3 Å². The second kappa shape index (κ2) is 11.7. The number of hydrogen-bond acceptors (Lipinski definition) is 4. The van der Waals surface area contributed by atoms with Gasteiger partial charge in [-0.2, -0.15) is 0 Å². The smallest absolute Gasteiger partial charge is 0.330 e. The largest absolute Gasteiger partial charge is 0.446 e. The Bertz CT molecular complexity index is 1190. The molecule has 0 heterocycles. The van der Waals surface area contributed by atoms with Crippen molar-refractivity contribution in [1.29, 1.82) is 0 Å². The molecule has 3 rings (SSSR count). The molecule has 182 valence electrons. The molecule has 0 aromatic heterocycles. The van der Waals surface area contributed by atoms with Crippen LogP contribution in [0.15, 0.2) is 72.8 Å². The van der Waals surface area contributed by atoms with Gasteiger partial charge in [0.15, 0.2) is 0 Å². The van der Waals surface area contributed by atoms with Crippen molar-refractivity contribution >= 4 is 35.1 Å². The highest BCUT2D eigenvalue weighted by Gasteiger charge is 2.32. The molecule has 2 amide bonds. The number of amides is 2. The van der Waals surface area contributed by atoms with Crippen LogP contribution in [0.1, 0.15) is 47.0 Å². The van der Waals surface area contributed by atoms with Gasteiger partial charge in [-0.15, -0.1) is 0 Å². The van der Waals surface area contributed by atoms with Crippen molar-refractivity contribution in [3.63, 3.8) is 0 Å². The second-order valence-electron chi connectivity index (χ2n) is 8.77. The Hall–Kier alpha value is -3.64. The van der Waals surface area contributed by atoms with Gasteiger partial charge < -0.3 is 15.4 Å². The van der Waals surface area contributed by atoms with Gasteiger partial charge in [0.1, 0.15) is 6.04 Å². The van der Waals surface area contributed by atoms with E-state index in [0.717, 1.165) is 11.1 Å². The van der Waals surface area contributed by atoms with E-state index < -0.39 is 29.9 Å². The van der Waals surface area contributed by atoms with Crippen LogP contribution in [0, 0.1) is 19.8 Å². The highest BCUT2D eigenvalue weighted by Crippen LogP contribution is 2.23. The van der Waals surface area contributed by atoms with Gasteiger partial charge in [0.2, 0.25) is 6.10 Å². The number of rotatable bonds is 8. The molecule has 3 aromatic rings. The van der Waals surface area contributed by atoms with Crippen molar-refractivity contribution in [3.8, 4) is 0 Å². The number of esters is 1. The van der Waals surface area contributed by atoms with Crippen molar-refractivity contribution in [3.05, 3.63) is 100 Å². The minimum atomic E-state index is -1.21. The fraction of sp³-hybridized carbons (Fsp3) is 0.250. The summed E-state index contributed by atoms with van der Waals surface area (Å²) in [7, 11) is 0. The molecule has 0 bridgehead atoms. The molecule has 0 aliphatic heterocycles. The molecule has 0 radical (unpaired) electrons. The molecular weight excluding hydrogens is 464 g/mol. The van der Waals surface area contributed by atoms with Crippen molar-refractivity contribution in [2.75, 3.05) is 5.32 Å². The van der Waals surface area contributed by atoms with E-state index in [9.17, 15) is 14.4 Å². The Balaban J connectivity index is 1.83. The van der Waals surface area contributed by atoms with Crippen LogP contribution in [-0.2, 0) is 14.3 Å². The molecule has 0 aliphatic rings. The third kappa shape index (κ3) is 6.93. The molecule has 7 heteroatoms. The maximum Gasteiger partial charge on any atom is 0.330 e. The first-order valence-electron chi connectivity index (χ1n) is 11.4. The third-order valence-electron chi connectivity index (χ3n) is 5.39. The number of anilines is 1. The molecule has 3 aromatic carbocycles. The summed E-state index contributed by atoms with van der Waals surface area (Å²) >= 11 is 6.14. The molecule has 35 heavy (non-hydrogen) atoms. The number of nitrogens with one attached hydrogen (secondary N) is 2. The SMILES string of the molecule is Cc1cc(C)cc(NC(=O)C(OC(=O)[C@@H](NC(=O)c2ccccc2Cl)C(C)C)c2ccccc2)c1. The normalized spacial score (nSPS) is 12.5. The minimum absolute atomic E-state index is 0.250. The van der Waals surface area contributed by atoms with Gasteiger partial charge in [-0.3, -0.25) is 9.59 Å². The zero-order valence-corrected chi connectivity index (χ0v) is 20.9. The van der Waals surface area contributed by atoms with Gasteiger partial charge in [-0.1, -0.05) is 74.0 Å². The lowest BCUT2D eigenvalue weighted by Crippen LogP contribution is -2.46. The highest BCUT2D eigenvalue weighted by atomic mass is 35.5. The summed E-state index contributed by atoms with van der Waals surface area (Å²) in [6.45, 7) is 7.44. The van der Waals surface area contributed by atoms with Crippen molar-refractivity contribution in [2.24, 2.45) is 5.92 Å². The summed E-state index contributed by atoms with van der Waals surface area (Å²) in [6, 6.07) is 20.0. The van der Waals surface area contributed by atoms with Gasteiger partial charge in [-0.25, -0.2) is 4.79 Å². The van der Waals surface area contributed by atoms with Crippen LogP contribution in [0.4, 0.5) is 5.69 Å². The predicted molar refractivity (Wildman–Crippen MR) is 137 cm³/mol. The number of carbonyl (C=O) groups excluding carboxylic acids is 3. The highest BCUT2D eigenvalue weighted by molar-refractivity contribution is 6.33. The van der Waals surface area contributed by atoms with Crippen molar-refractivity contribution in [1.82, 2.24) is 5.32 Å². The van der Waals surface area contributed by atoms with Gasteiger partial charge in [0.25, 0.3) is 11.8 Å². The summed E-state index contributed by atoms with van der Waals surface area (Å²) in [4.78, 5) is 39.3. The molecule has 2 N–H and O–H groups in total. The maximum absolute atomic E-state index is 13.3. The van der Waals surface area contributed by atoms with Gasteiger partial charge in [0.05, 0.1) is 10.6 Å². The molecule has 0 saturated carbocycles. The number of aryl methyl sites for hydroxylation is 2. The van der Waals surface area contributed by atoms with E-state index in [0.29, 0.717) is 11.3 Å². The summed E-state index contributed by atoms with van der Waals surface area (Å²) in [6.07, 6.45) is -1.21. The topological polar surface area (TPSA) is 84.5 Å². The second-order valence-corrected chi connectivity index (χ2v) is 9.18. The molecule has 0 aliphatic carbocycles. The first-order chi connectivity index (χ1) is 16.7. The molecule has 2 atom stereocenters. The molecule has 1 unspecified atom stereocenters. The van der Waals surface area contributed by atoms with E-state index in [2.05, 4.69) is 10.6 Å². The van der Waals surface area contributed by atoms with E-state index in [4.69, 9.17) is 16.3 Å². The van der Waals surface area contributed by atoms with Crippen LogP contribution in [0.25, 0.3) is 0 Å². The number of halogens is 1. The molecular formula is C28H29ClN2O4. The zero-order chi connectivity index (χ0) is 25.5. The fourth-order valence-electron chi connectivity index (χ4n) is 3.71. The van der Waals surface area contributed by atoms with Crippen molar-refractivity contribution in [2.45, 2.75) is 39.8 Å². The Morgan fingerprint density at radius 1 is 0.857 bits per heavy atom. The summed E-state index contributed by atoms with van der Waals surface area (Å²) in [5.74, 6) is -2.01. The summed E-state index contributed by atoms with van der Waals surface area (Å²) in [5.41, 5.74) is 3.37. The van der Waals surface area contributed by atoms with Crippen LogP contribution in [0.2, 0.25) is 5.02 Å². The number of benzene rings is 3. The summed E-state index contributed by atoms with van der Waals surface area (Å²) < 4.78 is 5.72. The average Bonchev–Trinajstić information content (AvgIpc) is 2.80. The average molecular weight is 493 g/mol. The van der Waals surface area contributed by atoms with Crippen LogP contribution < -0.4 is 10.6 Å². The quantitative estimate of drug-likeness (QED) is 0.399. The minimum Gasteiger partial charge on any atom is -0.446 e. The first-order valence-corrected chi connectivity index (χ1v) is 11.7. The Labute approximate surface area is 210 Å². The summed E-state index contributed by atoms with van der Waals surface area (Å²) in [5, 5.41) is 5.83. The van der Waals surface area contributed by atoms with Gasteiger partial charge >= 0.3 is 5.97 Å². The van der Waals surface area contributed by atoms with E-state index in [1.165, 1.54) is 0 Å². The molecule has 6 nitrogen and oxygen atoms in total. The number of ether oxygens (including phenoxy) is 1. The maximum atomic E-state index is 13.3. The third-order valence-corrected chi connectivity index (χ3v) is 5.72. The fourth-order valence-corrected chi connectivity index (χ4v) is 3.93. The lowest BCUT2D eigenvalue weighted by atomic mass is 10.0. The van der Waals surface area contributed by atoms with Crippen LogP contribution >= 0.6 is 11.6 Å².